The van der Waals surface area contributed by atoms with Crippen LogP contribution in [0.2, 0.25) is 5.02 Å². The fourth-order valence-corrected chi connectivity index (χ4v) is 3.93. The first-order valence-corrected chi connectivity index (χ1v) is 12.5. The number of amides is 1. The van der Waals surface area contributed by atoms with Crippen LogP contribution in [0, 0.1) is 0 Å². The van der Waals surface area contributed by atoms with Crippen molar-refractivity contribution in [2.24, 2.45) is 5.10 Å². The Morgan fingerprint density at radius 1 is 1.10 bits per heavy atom. The van der Waals surface area contributed by atoms with E-state index in [2.05, 4.69) is 35.8 Å². The van der Waals surface area contributed by atoms with Crippen molar-refractivity contribution in [2.45, 2.75) is 13.5 Å². The Morgan fingerprint density at radius 2 is 1.90 bits per heavy atom. The minimum absolute atomic E-state index is 0.0230. The summed E-state index contributed by atoms with van der Waals surface area (Å²) in [5.74, 6) is 0.469. The van der Waals surface area contributed by atoms with E-state index in [-0.39, 0.29) is 17.3 Å². The van der Waals surface area contributed by atoms with Crippen molar-refractivity contribution in [3.05, 3.63) is 94.6 Å². The number of carbonyl (C=O) groups is 1. The van der Waals surface area contributed by atoms with E-state index in [4.69, 9.17) is 26.8 Å². The number of nitrogens with one attached hydrogen (secondary N) is 1. The van der Waals surface area contributed by atoms with Crippen LogP contribution in [0.15, 0.2) is 82.5 Å². The molecule has 0 fully saturated rings. The number of nitrogens with zero attached hydrogens (tertiary/aromatic N) is 6. The topological polar surface area (TPSA) is 156 Å². The van der Waals surface area contributed by atoms with Crippen molar-refractivity contribution >= 4 is 29.5 Å². The summed E-state index contributed by atoms with van der Waals surface area (Å²) in [6.07, 6.45) is 1.46. The zero-order chi connectivity index (χ0) is 27.9. The van der Waals surface area contributed by atoms with E-state index < -0.39 is 5.91 Å². The maximum atomic E-state index is 13.3. The predicted octanol–water partition coefficient (Wildman–Crippen LogP) is 4.29. The van der Waals surface area contributed by atoms with Crippen LogP contribution in [0.5, 0.6) is 11.5 Å². The van der Waals surface area contributed by atoms with E-state index >= 15 is 0 Å². The molecule has 0 spiro atoms. The highest BCUT2D eigenvalue weighted by atomic mass is 35.5. The number of aromatic nitrogens is 5. The molecule has 40 heavy (non-hydrogen) atoms. The molecule has 3 N–H and O–H groups in total. The highest BCUT2D eigenvalue weighted by Gasteiger charge is 2.25. The molecule has 3 aromatic carbocycles. The van der Waals surface area contributed by atoms with Crippen LogP contribution in [-0.4, -0.2) is 44.0 Å². The van der Waals surface area contributed by atoms with E-state index in [0.717, 1.165) is 10.2 Å². The zero-order valence-corrected chi connectivity index (χ0v) is 21.9. The third-order valence-electron chi connectivity index (χ3n) is 5.64. The van der Waals surface area contributed by atoms with Gasteiger partial charge < -0.3 is 15.2 Å². The van der Waals surface area contributed by atoms with Gasteiger partial charge in [-0.05, 0) is 35.4 Å². The monoisotopic (exact) mass is 558 g/mol. The van der Waals surface area contributed by atoms with Gasteiger partial charge in [0.25, 0.3) is 5.91 Å². The van der Waals surface area contributed by atoms with Gasteiger partial charge >= 0.3 is 0 Å². The SMILES string of the molecule is CCOc1cc(OCc2ccccc2Cl)ccc1C=NNC(=O)c1c(-c2ccccc2)nnn1-c1nonc1N. The molecular weight excluding hydrogens is 536 g/mol. The van der Waals surface area contributed by atoms with Crippen molar-refractivity contribution in [2.75, 3.05) is 12.3 Å². The number of nitrogen functional groups attached to an aromatic ring is 1. The Balaban J connectivity index is 1.36. The minimum atomic E-state index is -0.611. The second kappa shape index (κ2) is 12.1. The molecule has 0 saturated carbocycles. The quantitative estimate of drug-likeness (QED) is 0.188. The summed E-state index contributed by atoms with van der Waals surface area (Å²) >= 11 is 6.22. The first-order chi connectivity index (χ1) is 19.5. The van der Waals surface area contributed by atoms with E-state index in [9.17, 15) is 4.79 Å². The van der Waals surface area contributed by atoms with Crippen molar-refractivity contribution in [3.63, 3.8) is 0 Å². The molecule has 5 rings (SSSR count). The number of carbonyl (C=O) groups excluding carboxylic acids is 1. The van der Waals surface area contributed by atoms with Gasteiger partial charge in [-0.1, -0.05) is 65.3 Å². The lowest BCUT2D eigenvalue weighted by molar-refractivity contribution is 0.0947. The number of hydrogen-bond acceptors (Lipinski definition) is 10. The Bertz CT molecular complexity index is 1650. The molecule has 2 heterocycles. The number of benzene rings is 3. The van der Waals surface area contributed by atoms with Crippen molar-refractivity contribution in [1.82, 2.24) is 30.7 Å². The molecule has 2 aromatic heterocycles. The minimum Gasteiger partial charge on any atom is -0.493 e. The third-order valence-corrected chi connectivity index (χ3v) is 6.00. The molecule has 0 atom stereocenters. The first kappa shape index (κ1) is 26.4. The van der Waals surface area contributed by atoms with Crippen LogP contribution in [0.25, 0.3) is 17.1 Å². The standard InChI is InChI=1S/C27H23ClN8O4/c1-2-38-22-14-20(39-16-19-10-6-7-11-21(19)28)13-12-18(22)15-30-32-27(37)24-23(17-8-4-3-5-9-17)31-35-36(24)26-25(29)33-40-34-26/h3-15H,2,16H2,1H3,(H2,29,33)(H,32,37). The molecule has 0 aliphatic carbocycles. The molecule has 0 aliphatic rings. The van der Waals surface area contributed by atoms with Gasteiger partial charge in [-0.2, -0.15) is 9.78 Å². The van der Waals surface area contributed by atoms with E-state index in [1.807, 2.05) is 49.4 Å². The molecule has 5 aromatic rings. The molecule has 0 saturated heterocycles. The maximum Gasteiger partial charge on any atom is 0.292 e. The average Bonchev–Trinajstić information content (AvgIpc) is 3.60. The Hall–Kier alpha value is -5.23. The first-order valence-electron chi connectivity index (χ1n) is 12.1. The number of hydrogen-bond donors (Lipinski definition) is 2. The lowest BCUT2D eigenvalue weighted by Gasteiger charge is -2.12. The summed E-state index contributed by atoms with van der Waals surface area (Å²) in [6.45, 7) is 2.58. The fourth-order valence-electron chi connectivity index (χ4n) is 3.74. The summed E-state index contributed by atoms with van der Waals surface area (Å²) < 4.78 is 17.5. The van der Waals surface area contributed by atoms with Crippen molar-refractivity contribution in [3.8, 4) is 28.6 Å². The molecule has 0 radical (unpaired) electrons. The van der Waals surface area contributed by atoms with Gasteiger partial charge in [0, 0.05) is 27.8 Å². The maximum absolute atomic E-state index is 13.3. The smallest absolute Gasteiger partial charge is 0.292 e. The highest BCUT2D eigenvalue weighted by Crippen LogP contribution is 2.27. The van der Waals surface area contributed by atoms with Crippen LogP contribution in [0.3, 0.4) is 0 Å². The number of ether oxygens (including phenoxy) is 2. The van der Waals surface area contributed by atoms with Crippen molar-refractivity contribution in [1.29, 1.82) is 0 Å². The molecule has 1 amide bonds. The Kier molecular flexibility index (Phi) is 7.97. The highest BCUT2D eigenvalue weighted by molar-refractivity contribution is 6.31. The molecule has 202 valence electrons. The lowest BCUT2D eigenvalue weighted by Crippen LogP contribution is -2.22. The molecule has 0 unspecified atom stereocenters. The summed E-state index contributed by atoms with van der Waals surface area (Å²) in [5, 5.41) is 20.3. The van der Waals surface area contributed by atoms with E-state index in [0.29, 0.717) is 46.6 Å². The van der Waals surface area contributed by atoms with Gasteiger partial charge in [-0.25, -0.2) is 10.1 Å². The summed E-state index contributed by atoms with van der Waals surface area (Å²) in [6, 6.07) is 21.8. The molecule has 13 heteroatoms. The van der Waals surface area contributed by atoms with Gasteiger partial charge in [0.2, 0.25) is 11.6 Å². The van der Waals surface area contributed by atoms with Gasteiger partial charge in [0.05, 0.1) is 12.8 Å². The van der Waals surface area contributed by atoms with Crippen LogP contribution in [0.1, 0.15) is 28.5 Å². The van der Waals surface area contributed by atoms with Gasteiger partial charge in [-0.3, -0.25) is 4.79 Å². The largest absolute Gasteiger partial charge is 0.493 e. The molecular formula is C27H23ClN8O4. The number of halogens is 1. The summed E-state index contributed by atoms with van der Waals surface area (Å²) in [7, 11) is 0. The molecule has 12 nitrogen and oxygen atoms in total. The van der Waals surface area contributed by atoms with Crippen LogP contribution in [0.4, 0.5) is 5.82 Å². The van der Waals surface area contributed by atoms with E-state index in [1.54, 1.807) is 30.3 Å². The Morgan fingerprint density at radius 3 is 2.65 bits per heavy atom. The Labute approximate surface area is 233 Å². The number of nitrogens with two attached hydrogens (primary N) is 1. The fraction of sp³-hybridized carbons (Fsp3) is 0.111. The summed E-state index contributed by atoms with van der Waals surface area (Å²) in [5.41, 5.74) is 10.8. The zero-order valence-electron chi connectivity index (χ0n) is 21.2. The third kappa shape index (κ3) is 5.76. The van der Waals surface area contributed by atoms with E-state index in [1.165, 1.54) is 6.21 Å². The van der Waals surface area contributed by atoms with Crippen LogP contribution >= 0.6 is 11.6 Å². The van der Waals surface area contributed by atoms with Crippen molar-refractivity contribution < 1.29 is 18.9 Å². The number of hydrazone groups is 1. The second-order valence-corrected chi connectivity index (χ2v) is 8.66. The normalized spacial score (nSPS) is 11.1. The van der Waals surface area contributed by atoms with Gasteiger partial charge in [0.15, 0.2) is 5.69 Å². The lowest BCUT2D eigenvalue weighted by atomic mass is 10.1. The van der Waals surface area contributed by atoms with Gasteiger partial charge in [-0.15, -0.1) is 5.10 Å². The predicted molar refractivity (Wildman–Crippen MR) is 148 cm³/mol. The number of rotatable bonds is 10. The number of anilines is 1. The second-order valence-electron chi connectivity index (χ2n) is 8.25. The summed E-state index contributed by atoms with van der Waals surface area (Å²) in [4.78, 5) is 13.3. The molecule has 0 aliphatic heterocycles. The average molecular weight is 559 g/mol. The molecule has 0 bridgehead atoms. The van der Waals surface area contributed by atoms with Crippen LogP contribution < -0.4 is 20.6 Å². The van der Waals surface area contributed by atoms with Crippen LogP contribution in [-0.2, 0) is 6.61 Å². The van der Waals surface area contributed by atoms with Gasteiger partial charge in [0.1, 0.15) is 23.8 Å².